The van der Waals surface area contributed by atoms with Crippen LogP contribution in [0.25, 0.3) is 11.3 Å². The quantitative estimate of drug-likeness (QED) is 0.731. The Morgan fingerprint density at radius 3 is 2.79 bits per heavy atom. The van der Waals surface area contributed by atoms with E-state index in [4.69, 9.17) is 4.98 Å². The molecule has 1 fully saturated rings. The summed E-state index contributed by atoms with van der Waals surface area (Å²) in [5, 5.41) is 16.1. The van der Waals surface area contributed by atoms with E-state index in [-0.39, 0.29) is 0 Å². The number of pyridine rings is 2. The molecule has 0 saturated carbocycles. The molecule has 1 saturated heterocycles. The highest BCUT2D eigenvalue weighted by Crippen LogP contribution is 2.25. The van der Waals surface area contributed by atoms with E-state index in [2.05, 4.69) is 46.5 Å². The molecule has 1 aliphatic heterocycles. The van der Waals surface area contributed by atoms with Crippen LogP contribution < -0.4 is 15.5 Å². The molecule has 3 heterocycles. The number of nitrogens with zero attached hydrogens (tertiary/aromatic N) is 4. The molecule has 1 aliphatic rings. The lowest BCUT2D eigenvalue weighted by molar-refractivity contribution is 0.585. The standard InChI is InChI=1S/C22H30N6/c1-3-5-19(4-2)26-21-16-18(7-9-25-21)20-14-17(6-8-23)15-22(27-20)28-12-10-24-11-13-28/h7,9,14-16,19,24H,3-6,10-13H2,1-2H3,(H,25,26). The van der Waals surface area contributed by atoms with Gasteiger partial charge in [-0.3, -0.25) is 0 Å². The zero-order valence-electron chi connectivity index (χ0n) is 16.9. The molecule has 28 heavy (non-hydrogen) atoms. The Labute approximate surface area is 168 Å². The molecule has 148 valence electrons. The van der Waals surface area contributed by atoms with Crippen LogP contribution in [0.1, 0.15) is 38.7 Å². The zero-order valence-corrected chi connectivity index (χ0v) is 16.9. The topological polar surface area (TPSA) is 76.9 Å². The van der Waals surface area contributed by atoms with E-state index < -0.39 is 0 Å². The Hall–Kier alpha value is -2.65. The van der Waals surface area contributed by atoms with Crippen molar-refractivity contribution in [3.05, 3.63) is 36.0 Å². The number of anilines is 2. The second-order valence-corrected chi connectivity index (χ2v) is 7.26. The molecule has 3 rings (SSSR count). The minimum atomic E-state index is 0.388. The third-order valence-electron chi connectivity index (χ3n) is 5.13. The summed E-state index contributed by atoms with van der Waals surface area (Å²) in [4.78, 5) is 11.7. The zero-order chi connectivity index (χ0) is 19.8. The lowest BCUT2D eigenvalue weighted by Gasteiger charge is -2.29. The summed E-state index contributed by atoms with van der Waals surface area (Å²) in [6, 6.07) is 10.8. The van der Waals surface area contributed by atoms with Crippen LogP contribution in [0.4, 0.5) is 11.6 Å². The molecule has 6 heteroatoms. The minimum absolute atomic E-state index is 0.388. The van der Waals surface area contributed by atoms with Gasteiger partial charge in [0.15, 0.2) is 0 Å². The van der Waals surface area contributed by atoms with Gasteiger partial charge in [0.25, 0.3) is 0 Å². The van der Waals surface area contributed by atoms with Gasteiger partial charge < -0.3 is 15.5 Å². The molecular weight excluding hydrogens is 348 g/mol. The Morgan fingerprint density at radius 1 is 1.25 bits per heavy atom. The van der Waals surface area contributed by atoms with Crippen molar-refractivity contribution in [1.29, 1.82) is 5.26 Å². The summed E-state index contributed by atoms with van der Waals surface area (Å²) in [6.07, 6.45) is 5.57. The van der Waals surface area contributed by atoms with Crippen molar-refractivity contribution in [2.75, 3.05) is 36.4 Å². The molecule has 6 nitrogen and oxygen atoms in total. The van der Waals surface area contributed by atoms with Crippen molar-refractivity contribution in [3.8, 4) is 17.3 Å². The molecule has 0 aromatic carbocycles. The number of hydrogen-bond donors (Lipinski definition) is 2. The highest BCUT2D eigenvalue weighted by molar-refractivity contribution is 5.66. The fraction of sp³-hybridized carbons (Fsp3) is 0.500. The molecular formula is C22H30N6. The maximum Gasteiger partial charge on any atom is 0.129 e. The van der Waals surface area contributed by atoms with Crippen LogP contribution in [0, 0.1) is 11.3 Å². The monoisotopic (exact) mass is 378 g/mol. The van der Waals surface area contributed by atoms with Gasteiger partial charge in [0, 0.05) is 44.0 Å². The van der Waals surface area contributed by atoms with E-state index in [1.807, 2.05) is 24.4 Å². The predicted molar refractivity (Wildman–Crippen MR) is 114 cm³/mol. The number of hydrogen-bond acceptors (Lipinski definition) is 6. The van der Waals surface area contributed by atoms with Crippen molar-refractivity contribution in [3.63, 3.8) is 0 Å². The van der Waals surface area contributed by atoms with E-state index in [9.17, 15) is 5.26 Å². The van der Waals surface area contributed by atoms with Crippen molar-refractivity contribution in [1.82, 2.24) is 15.3 Å². The minimum Gasteiger partial charge on any atom is -0.367 e. The number of rotatable bonds is 8. The van der Waals surface area contributed by atoms with Crippen molar-refractivity contribution in [2.24, 2.45) is 0 Å². The molecule has 0 amide bonds. The van der Waals surface area contributed by atoms with Gasteiger partial charge in [-0.25, -0.2) is 9.97 Å². The molecule has 0 spiro atoms. The third kappa shape index (κ3) is 5.20. The Kier molecular flexibility index (Phi) is 7.21. The fourth-order valence-corrected chi connectivity index (χ4v) is 3.57. The normalized spacial score (nSPS) is 15.1. The highest BCUT2D eigenvalue weighted by Gasteiger charge is 2.15. The summed E-state index contributed by atoms with van der Waals surface area (Å²) in [5.41, 5.74) is 2.93. The van der Waals surface area contributed by atoms with Gasteiger partial charge in [-0.2, -0.15) is 5.26 Å². The van der Waals surface area contributed by atoms with Crippen molar-refractivity contribution >= 4 is 11.6 Å². The summed E-state index contributed by atoms with van der Waals surface area (Å²) < 4.78 is 0. The maximum absolute atomic E-state index is 9.19. The maximum atomic E-state index is 9.19. The third-order valence-corrected chi connectivity index (χ3v) is 5.13. The van der Waals surface area contributed by atoms with Gasteiger partial charge >= 0.3 is 0 Å². The first-order valence-corrected chi connectivity index (χ1v) is 10.3. The van der Waals surface area contributed by atoms with Gasteiger partial charge in [-0.15, -0.1) is 0 Å². The van der Waals surface area contributed by atoms with Crippen LogP contribution >= 0.6 is 0 Å². The van der Waals surface area contributed by atoms with Crippen LogP contribution in [-0.2, 0) is 6.42 Å². The largest absolute Gasteiger partial charge is 0.367 e. The van der Waals surface area contributed by atoms with Crippen molar-refractivity contribution < 1.29 is 0 Å². The van der Waals surface area contributed by atoms with Gasteiger partial charge in [0.2, 0.25) is 0 Å². The number of nitrogens with one attached hydrogen (secondary N) is 2. The van der Waals surface area contributed by atoms with Crippen LogP contribution in [0.5, 0.6) is 0 Å². The lowest BCUT2D eigenvalue weighted by Crippen LogP contribution is -2.43. The van der Waals surface area contributed by atoms with Crippen molar-refractivity contribution in [2.45, 2.75) is 45.6 Å². The molecule has 0 aliphatic carbocycles. The van der Waals surface area contributed by atoms with Crippen LogP contribution in [0.15, 0.2) is 30.5 Å². The molecule has 2 N–H and O–H groups in total. The second-order valence-electron chi connectivity index (χ2n) is 7.26. The SMILES string of the molecule is CCCC(CC)Nc1cc(-c2cc(CC#N)cc(N3CCNCC3)n2)ccn1. The Morgan fingerprint density at radius 2 is 2.07 bits per heavy atom. The van der Waals surface area contributed by atoms with Gasteiger partial charge in [-0.05, 0) is 42.7 Å². The Bertz CT molecular complexity index is 807. The molecule has 0 bridgehead atoms. The first kappa shape index (κ1) is 20.1. The fourth-order valence-electron chi connectivity index (χ4n) is 3.57. The van der Waals surface area contributed by atoms with Crippen LogP contribution in [0.2, 0.25) is 0 Å². The first-order valence-electron chi connectivity index (χ1n) is 10.3. The number of piperazine rings is 1. The number of nitriles is 1. The molecule has 2 aromatic heterocycles. The number of aromatic nitrogens is 2. The molecule has 1 unspecified atom stereocenters. The lowest BCUT2D eigenvalue weighted by atomic mass is 10.1. The molecule has 1 atom stereocenters. The predicted octanol–water partition coefficient (Wildman–Crippen LogP) is 3.61. The van der Waals surface area contributed by atoms with Crippen LogP contribution in [-0.4, -0.2) is 42.2 Å². The highest BCUT2D eigenvalue weighted by atomic mass is 15.2. The average molecular weight is 379 g/mol. The molecule has 0 radical (unpaired) electrons. The first-order chi connectivity index (χ1) is 13.7. The van der Waals surface area contributed by atoms with E-state index in [0.717, 1.165) is 73.9 Å². The molecule has 2 aromatic rings. The van der Waals surface area contributed by atoms with E-state index in [1.165, 1.54) is 0 Å². The Balaban J connectivity index is 1.90. The second kappa shape index (κ2) is 10.0. The van der Waals surface area contributed by atoms with Gasteiger partial charge in [-0.1, -0.05) is 20.3 Å². The van der Waals surface area contributed by atoms with E-state index in [1.54, 1.807) is 0 Å². The van der Waals surface area contributed by atoms with E-state index >= 15 is 0 Å². The summed E-state index contributed by atoms with van der Waals surface area (Å²) >= 11 is 0. The van der Waals surface area contributed by atoms with Gasteiger partial charge in [0.1, 0.15) is 11.6 Å². The van der Waals surface area contributed by atoms with E-state index in [0.29, 0.717) is 12.5 Å². The average Bonchev–Trinajstić information content (AvgIpc) is 2.74. The smallest absolute Gasteiger partial charge is 0.129 e. The summed E-state index contributed by atoms with van der Waals surface area (Å²) in [7, 11) is 0. The summed E-state index contributed by atoms with van der Waals surface area (Å²) in [6.45, 7) is 8.18. The van der Waals surface area contributed by atoms with Gasteiger partial charge in [0.05, 0.1) is 18.2 Å². The summed E-state index contributed by atoms with van der Waals surface area (Å²) in [5.74, 6) is 1.84. The van der Waals surface area contributed by atoms with Crippen LogP contribution in [0.3, 0.4) is 0 Å².